The molecule has 1 aromatic rings. The number of fused-ring (bicyclic) bond motifs is 1. The summed E-state index contributed by atoms with van der Waals surface area (Å²) in [6, 6.07) is 7.26. The Bertz CT molecular complexity index is 791. The molecule has 0 radical (unpaired) electrons. The zero-order valence-corrected chi connectivity index (χ0v) is 19.1. The van der Waals surface area contributed by atoms with Gasteiger partial charge in [-0.05, 0) is 51.0 Å². The topological polar surface area (TPSA) is 85.0 Å². The zero-order valence-electron chi connectivity index (χ0n) is 19.1. The van der Waals surface area contributed by atoms with Crippen molar-refractivity contribution in [1.82, 2.24) is 20.4 Å². The first-order valence-electron chi connectivity index (χ1n) is 11.2. The van der Waals surface area contributed by atoms with Crippen molar-refractivity contribution in [2.45, 2.75) is 51.2 Å². The van der Waals surface area contributed by atoms with Crippen molar-refractivity contribution in [2.24, 2.45) is 0 Å². The molecule has 0 unspecified atom stereocenters. The molecule has 2 aliphatic rings. The van der Waals surface area contributed by atoms with E-state index in [2.05, 4.69) is 15.5 Å². The molecule has 31 heavy (non-hydrogen) atoms. The first kappa shape index (κ1) is 23.1. The average Bonchev–Trinajstić information content (AvgIpc) is 3.19. The molecule has 0 bridgehead atoms. The molecule has 0 saturated carbocycles. The van der Waals surface area contributed by atoms with E-state index in [-0.39, 0.29) is 35.8 Å². The number of amides is 3. The van der Waals surface area contributed by atoms with E-state index in [0.29, 0.717) is 51.0 Å². The van der Waals surface area contributed by atoms with E-state index in [1.807, 2.05) is 62.0 Å². The second-order valence-electron chi connectivity index (χ2n) is 8.56. The first-order chi connectivity index (χ1) is 14.8. The number of nitrogens with one attached hydrogen (secondary N) is 2. The van der Waals surface area contributed by atoms with E-state index >= 15 is 0 Å². The molecule has 170 valence electrons. The first-order valence-corrected chi connectivity index (χ1v) is 11.2. The van der Waals surface area contributed by atoms with Crippen LogP contribution in [0.5, 0.6) is 0 Å². The van der Waals surface area contributed by atoms with Crippen LogP contribution in [0.4, 0.5) is 5.69 Å². The highest BCUT2D eigenvalue weighted by molar-refractivity contribution is 5.95. The maximum Gasteiger partial charge on any atom is 0.251 e. The number of nitrogens with zero attached hydrogens (tertiary/aromatic N) is 3. The fraction of sp³-hybridized carbons (Fsp3) is 0.609. The van der Waals surface area contributed by atoms with Crippen LogP contribution >= 0.6 is 0 Å². The van der Waals surface area contributed by atoms with Gasteiger partial charge in [0.25, 0.3) is 5.91 Å². The number of carbonyl (C=O) groups is 3. The van der Waals surface area contributed by atoms with Gasteiger partial charge in [-0.3, -0.25) is 19.3 Å². The molecule has 0 aromatic heterocycles. The maximum absolute atomic E-state index is 12.7. The largest absolute Gasteiger partial charge is 0.378 e. The molecule has 2 heterocycles. The average molecular weight is 430 g/mol. The van der Waals surface area contributed by atoms with Crippen LogP contribution in [-0.4, -0.2) is 85.9 Å². The van der Waals surface area contributed by atoms with E-state index in [9.17, 15) is 14.4 Å². The third-order valence-corrected chi connectivity index (χ3v) is 6.41. The van der Waals surface area contributed by atoms with Gasteiger partial charge in [-0.25, -0.2) is 0 Å². The lowest BCUT2D eigenvalue weighted by Crippen LogP contribution is -2.58. The lowest BCUT2D eigenvalue weighted by Gasteiger charge is -2.37. The number of piperazine rings is 1. The second kappa shape index (κ2) is 10.1. The highest BCUT2D eigenvalue weighted by Crippen LogP contribution is 2.26. The number of hydrogen-bond acceptors (Lipinski definition) is 5. The van der Waals surface area contributed by atoms with Crippen LogP contribution in [0.1, 0.15) is 43.5 Å². The molecule has 2 saturated heterocycles. The fourth-order valence-electron chi connectivity index (χ4n) is 4.55. The minimum atomic E-state index is -0.247. The third-order valence-electron chi connectivity index (χ3n) is 6.41. The molecule has 3 atom stereocenters. The van der Waals surface area contributed by atoms with Crippen molar-refractivity contribution < 1.29 is 14.4 Å². The van der Waals surface area contributed by atoms with E-state index in [1.165, 1.54) is 0 Å². The maximum atomic E-state index is 12.7. The molecule has 0 spiro atoms. The molecular weight excluding hydrogens is 394 g/mol. The van der Waals surface area contributed by atoms with Crippen molar-refractivity contribution in [3.05, 3.63) is 29.8 Å². The van der Waals surface area contributed by atoms with Gasteiger partial charge in [0.2, 0.25) is 11.8 Å². The summed E-state index contributed by atoms with van der Waals surface area (Å²) in [5, 5.41) is 6.08. The second-order valence-corrected chi connectivity index (χ2v) is 8.56. The Morgan fingerprint density at radius 2 is 1.84 bits per heavy atom. The molecular formula is C23H35N5O3. The SMILES string of the molecule is CCN(CC)C(=O)CC[C@@H]1CNC(=O)[C@@H]2C[C@H](NC(=O)c3ccc(N(C)C)cc3)CN12. The smallest absolute Gasteiger partial charge is 0.251 e. The highest BCUT2D eigenvalue weighted by atomic mass is 16.2. The van der Waals surface area contributed by atoms with Gasteiger partial charge >= 0.3 is 0 Å². The van der Waals surface area contributed by atoms with Gasteiger partial charge in [-0.15, -0.1) is 0 Å². The predicted molar refractivity (Wildman–Crippen MR) is 121 cm³/mol. The van der Waals surface area contributed by atoms with Gasteiger partial charge in [0.15, 0.2) is 0 Å². The lowest BCUT2D eigenvalue weighted by atomic mass is 10.0. The fourth-order valence-corrected chi connectivity index (χ4v) is 4.55. The zero-order chi connectivity index (χ0) is 22.5. The highest BCUT2D eigenvalue weighted by Gasteiger charge is 2.43. The van der Waals surface area contributed by atoms with Crippen LogP contribution in [-0.2, 0) is 9.59 Å². The molecule has 3 rings (SSSR count). The van der Waals surface area contributed by atoms with Crippen LogP contribution in [0.15, 0.2) is 24.3 Å². The quantitative estimate of drug-likeness (QED) is 0.646. The number of hydrogen-bond donors (Lipinski definition) is 2. The Hall–Kier alpha value is -2.61. The number of carbonyl (C=O) groups excluding carboxylic acids is 3. The molecule has 1 aromatic carbocycles. The summed E-state index contributed by atoms with van der Waals surface area (Å²) >= 11 is 0. The Morgan fingerprint density at radius 1 is 1.16 bits per heavy atom. The third kappa shape index (κ3) is 5.36. The molecule has 8 nitrogen and oxygen atoms in total. The van der Waals surface area contributed by atoms with Crippen molar-refractivity contribution in [2.75, 3.05) is 45.2 Å². The minimum absolute atomic E-state index is 0.0124. The monoisotopic (exact) mass is 429 g/mol. The van der Waals surface area contributed by atoms with Crippen molar-refractivity contribution >= 4 is 23.4 Å². The Morgan fingerprint density at radius 3 is 2.45 bits per heavy atom. The summed E-state index contributed by atoms with van der Waals surface area (Å²) in [5.74, 6) is 0.0471. The van der Waals surface area contributed by atoms with Crippen molar-refractivity contribution in [3.8, 4) is 0 Å². The van der Waals surface area contributed by atoms with Gasteiger partial charge in [-0.1, -0.05) is 0 Å². The van der Waals surface area contributed by atoms with E-state index in [4.69, 9.17) is 0 Å². The van der Waals surface area contributed by atoms with Gasteiger partial charge in [0, 0.05) is 70.0 Å². The van der Waals surface area contributed by atoms with Crippen LogP contribution in [0.2, 0.25) is 0 Å². The molecule has 8 heteroatoms. The summed E-state index contributed by atoms with van der Waals surface area (Å²) in [6.45, 7) is 6.58. The van der Waals surface area contributed by atoms with Crippen molar-refractivity contribution in [1.29, 1.82) is 0 Å². The summed E-state index contributed by atoms with van der Waals surface area (Å²) < 4.78 is 0. The molecule has 2 fully saturated rings. The molecule has 2 aliphatic heterocycles. The summed E-state index contributed by atoms with van der Waals surface area (Å²) in [6.07, 6.45) is 1.77. The Labute approximate surface area is 184 Å². The number of anilines is 1. The van der Waals surface area contributed by atoms with Gasteiger partial charge in [0.1, 0.15) is 0 Å². The van der Waals surface area contributed by atoms with Gasteiger partial charge in [-0.2, -0.15) is 0 Å². The van der Waals surface area contributed by atoms with Gasteiger partial charge < -0.3 is 20.4 Å². The van der Waals surface area contributed by atoms with Crippen LogP contribution < -0.4 is 15.5 Å². The molecule has 0 aliphatic carbocycles. The molecule has 2 N–H and O–H groups in total. The lowest BCUT2D eigenvalue weighted by molar-refractivity contribution is -0.132. The van der Waals surface area contributed by atoms with E-state index in [0.717, 1.165) is 5.69 Å². The summed E-state index contributed by atoms with van der Waals surface area (Å²) in [4.78, 5) is 43.5. The van der Waals surface area contributed by atoms with Crippen LogP contribution in [0.3, 0.4) is 0 Å². The summed E-state index contributed by atoms with van der Waals surface area (Å²) in [5.41, 5.74) is 1.65. The Balaban J connectivity index is 1.59. The number of rotatable bonds is 8. The van der Waals surface area contributed by atoms with Crippen LogP contribution in [0.25, 0.3) is 0 Å². The van der Waals surface area contributed by atoms with Crippen LogP contribution in [0, 0.1) is 0 Å². The number of benzene rings is 1. The van der Waals surface area contributed by atoms with E-state index < -0.39 is 0 Å². The minimum Gasteiger partial charge on any atom is -0.378 e. The summed E-state index contributed by atoms with van der Waals surface area (Å²) in [7, 11) is 3.92. The predicted octanol–water partition coefficient (Wildman–Crippen LogP) is 1.07. The van der Waals surface area contributed by atoms with Gasteiger partial charge in [0.05, 0.1) is 6.04 Å². The molecule has 3 amide bonds. The normalized spacial score (nSPS) is 23.1. The van der Waals surface area contributed by atoms with E-state index in [1.54, 1.807) is 0 Å². The Kier molecular flexibility index (Phi) is 7.54. The van der Waals surface area contributed by atoms with Crippen molar-refractivity contribution in [3.63, 3.8) is 0 Å². The standard InChI is InChI=1S/C23H35N5O3/c1-5-27(6-2)21(29)12-11-19-14-24-23(31)20-13-17(15-28(19)20)25-22(30)16-7-9-18(10-8-16)26(3)4/h7-10,17,19-20H,5-6,11-15H2,1-4H3,(H,24,31)(H,25,30)/t17-,19+,20-/m0/s1.